The maximum absolute atomic E-state index is 6.07. The van der Waals surface area contributed by atoms with E-state index in [-0.39, 0.29) is 0 Å². The molecule has 1 nitrogen and oxygen atoms in total. The van der Waals surface area contributed by atoms with Gasteiger partial charge in [0.15, 0.2) is 0 Å². The fraction of sp³-hybridized carbons (Fsp3) is 0.500. The molecule has 0 aliphatic rings. The minimum absolute atomic E-state index is 1.05. The van der Waals surface area contributed by atoms with Crippen LogP contribution >= 0.6 is 15.9 Å². The highest BCUT2D eigenvalue weighted by atomic mass is 79.9. The predicted octanol–water partition coefficient (Wildman–Crippen LogP) is 4.59. The fourth-order valence-electron chi connectivity index (χ4n) is 1.45. The van der Waals surface area contributed by atoms with E-state index in [1.54, 1.807) is 0 Å². The number of hydrogen-bond donors (Lipinski definition) is 0. The topological polar surface area (TPSA) is 9.23 Å². The van der Waals surface area contributed by atoms with E-state index in [1.807, 2.05) is 0 Å². The molecule has 0 heterocycles. The van der Waals surface area contributed by atoms with Crippen LogP contribution in [0.2, 0.25) is 19.6 Å². The van der Waals surface area contributed by atoms with Crippen LogP contribution in [0.15, 0.2) is 10.5 Å². The number of aryl methyl sites for hydroxylation is 1. The van der Waals surface area contributed by atoms with Crippen molar-refractivity contribution in [2.45, 2.75) is 40.4 Å². The van der Waals surface area contributed by atoms with Gasteiger partial charge in [0.05, 0.1) is 0 Å². The van der Waals surface area contributed by atoms with Gasteiger partial charge in [0.1, 0.15) is 5.75 Å². The molecule has 0 aliphatic heterocycles. The van der Waals surface area contributed by atoms with Gasteiger partial charge in [-0.05, 0) is 63.2 Å². The molecule has 0 saturated heterocycles. The van der Waals surface area contributed by atoms with Gasteiger partial charge in [0.25, 0.3) is 0 Å². The van der Waals surface area contributed by atoms with Crippen LogP contribution in [0, 0.1) is 20.8 Å². The van der Waals surface area contributed by atoms with E-state index >= 15 is 0 Å². The van der Waals surface area contributed by atoms with Crippen molar-refractivity contribution in [3.05, 3.63) is 27.2 Å². The smallest absolute Gasteiger partial charge is 0.242 e. The Hall–Kier alpha value is -0.283. The Bertz CT molecular complexity index is 380. The van der Waals surface area contributed by atoms with E-state index in [2.05, 4.69) is 62.4 Å². The molecule has 84 valence electrons. The third-order valence-corrected chi connectivity index (χ3v) is 4.42. The number of rotatable bonds is 2. The second-order valence-electron chi connectivity index (χ2n) is 4.97. The summed E-state index contributed by atoms with van der Waals surface area (Å²) in [6.45, 7) is 13.0. The van der Waals surface area contributed by atoms with E-state index in [0.717, 1.165) is 5.75 Å². The van der Waals surface area contributed by atoms with Crippen LogP contribution in [-0.2, 0) is 0 Å². The van der Waals surface area contributed by atoms with E-state index < -0.39 is 8.32 Å². The Labute approximate surface area is 102 Å². The fourth-order valence-corrected chi connectivity index (χ4v) is 2.73. The van der Waals surface area contributed by atoms with Crippen LogP contribution < -0.4 is 4.43 Å². The lowest BCUT2D eigenvalue weighted by Crippen LogP contribution is -2.29. The minimum atomic E-state index is -1.51. The van der Waals surface area contributed by atoms with Gasteiger partial charge in [-0.25, -0.2) is 0 Å². The van der Waals surface area contributed by atoms with Crippen LogP contribution in [-0.4, -0.2) is 8.32 Å². The SMILES string of the molecule is Cc1cc(O[Si](C)(C)C)c(C)c(C)c1Br. The van der Waals surface area contributed by atoms with Crippen molar-refractivity contribution in [3.8, 4) is 5.75 Å². The van der Waals surface area contributed by atoms with Crippen LogP contribution in [0.1, 0.15) is 16.7 Å². The third kappa shape index (κ3) is 3.08. The van der Waals surface area contributed by atoms with Gasteiger partial charge >= 0.3 is 0 Å². The largest absolute Gasteiger partial charge is 0.544 e. The molecule has 0 saturated carbocycles. The maximum atomic E-state index is 6.07. The molecular weight excluding hydrogens is 268 g/mol. The van der Waals surface area contributed by atoms with Gasteiger partial charge in [0.2, 0.25) is 8.32 Å². The van der Waals surface area contributed by atoms with E-state index in [9.17, 15) is 0 Å². The summed E-state index contributed by atoms with van der Waals surface area (Å²) in [5.74, 6) is 1.05. The molecule has 1 rings (SSSR count). The van der Waals surface area contributed by atoms with Gasteiger partial charge < -0.3 is 4.43 Å². The third-order valence-electron chi connectivity index (χ3n) is 2.37. The molecule has 15 heavy (non-hydrogen) atoms. The Kier molecular flexibility index (Phi) is 3.66. The summed E-state index contributed by atoms with van der Waals surface area (Å²) in [6, 6.07) is 2.13. The second-order valence-corrected chi connectivity index (χ2v) is 10.2. The number of benzene rings is 1. The average molecular weight is 287 g/mol. The lowest BCUT2D eigenvalue weighted by atomic mass is 10.1. The van der Waals surface area contributed by atoms with Crippen LogP contribution in [0.3, 0.4) is 0 Å². The summed E-state index contributed by atoms with van der Waals surface area (Å²) >= 11 is 3.60. The molecule has 3 heteroatoms. The molecule has 0 N–H and O–H groups in total. The highest BCUT2D eigenvalue weighted by Gasteiger charge is 2.19. The normalized spacial score (nSPS) is 11.7. The van der Waals surface area contributed by atoms with Gasteiger partial charge in [-0.15, -0.1) is 0 Å². The van der Waals surface area contributed by atoms with Crippen LogP contribution in [0.4, 0.5) is 0 Å². The minimum Gasteiger partial charge on any atom is -0.544 e. The molecule has 0 aliphatic carbocycles. The van der Waals surface area contributed by atoms with Crippen molar-refractivity contribution < 1.29 is 4.43 Å². The summed E-state index contributed by atoms with van der Waals surface area (Å²) in [7, 11) is -1.51. The number of halogens is 1. The molecule has 0 spiro atoms. The predicted molar refractivity (Wildman–Crippen MR) is 72.3 cm³/mol. The Balaban J connectivity index is 3.21. The molecule has 0 amide bonds. The summed E-state index contributed by atoms with van der Waals surface area (Å²) in [5.41, 5.74) is 3.77. The van der Waals surface area contributed by atoms with Crippen molar-refractivity contribution >= 4 is 24.2 Å². The van der Waals surface area contributed by atoms with Gasteiger partial charge in [0, 0.05) is 4.47 Å². The van der Waals surface area contributed by atoms with Gasteiger partial charge in [-0.2, -0.15) is 0 Å². The van der Waals surface area contributed by atoms with Crippen molar-refractivity contribution in [2.75, 3.05) is 0 Å². The zero-order valence-electron chi connectivity index (χ0n) is 10.4. The highest BCUT2D eigenvalue weighted by Crippen LogP contribution is 2.32. The summed E-state index contributed by atoms with van der Waals surface area (Å²) in [6.07, 6.45) is 0. The first-order valence-electron chi connectivity index (χ1n) is 5.17. The second kappa shape index (κ2) is 4.30. The molecule has 1 aromatic carbocycles. The van der Waals surface area contributed by atoms with E-state index in [1.165, 1.54) is 21.2 Å². The highest BCUT2D eigenvalue weighted by molar-refractivity contribution is 9.10. The molecule has 1 aromatic rings. The Morgan fingerprint density at radius 3 is 2.07 bits per heavy atom. The van der Waals surface area contributed by atoms with E-state index in [0.29, 0.717) is 0 Å². The molecule has 0 radical (unpaired) electrons. The van der Waals surface area contributed by atoms with Crippen molar-refractivity contribution in [1.29, 1.82) is 0 Å². The summed E-state index contributed by atoms with van der Waals surface area (Å²) in [5, 5.41) is 0. The molecular formula is C12H19BrOSi. The zero-order valence-corrected chi connectivity index (χ0v) is 12.9. The van der Waals surface area contributed by atoms with Crippen LogP contribution in [0.5, 0.6) is 5.75 Å². The lowest BCUT2D eigenvalue weighted by molar-refractivity contribution is 0.551. The average Bonchev–Trinajstić information content (AvgIpc) is 2.08. The molecule has 0 fully saturated rings. The van der Waals surface area contributed by atoms with Crippen molar-refractivity contribution in [1.82, 2.24) is 0 Å². The summed E-state index contributed by atoms with van der Waals surface area (Å²) in [4.78, 5) is 0. The summed E-state index contributed by atoms with van der Waals surface area (Å²) < 4.78 is 7.26. The molecule has 0 bridgehead atoms. The van der Waals surface area contributed by atoms with Crippen LogP contribution in [0.25, 0.3) is 0 Å². The van der Waals surface area contributed by atoms with Gasteiger partial charge in [-0.1, -0.05) is 15.9 Å². The molecule has 0 unspecified atom stereocenters. The number of hydrogen-bond acceptors (Lipinski definition) is 1. The quantitative estimate of drug-likeness (QED) is 0.723. The molecule has 0 aromatic heterocycles. The molecule has 0 atom stereocenters. The first-order valence-corrected chi connectivity index (χ1v) is 9.38. The standard InChI is InChI=1S/C12H19BrOSi/c1-8-7-11(14-15(4,5)6)9(2)10(3)12(8)13/h7H,1-6H3. The monoisotopic (exact) mass is 286 g/mol. The van der Waals surface area contributed by atoms with Gasteiger partial charge in [-0.3, -0.25) is 0 Å². The maximum Gasteiger partial charge on any atom is 0.242 e. The first kappa shape index (κ1) is 12.8. The Morgan fingerprint density at radius 1 is 1.07 bits per heavy atom. The lowest BCUT2D eigenvalue weighted by Gasteiger charge is -2.22. The van der Waals surface area contributed by atoms with Crippen molar-refractivity contribution in [3.63, 3.8) is 0 Å². The zero-order chi connectivity index (χ0) is 11.8. The van der Waals surface area contributed by atoms with Crippen molar-refractivity contribution in [2.24, 2.45) is 0 Å². The Morgan fingerprint density at radius 2 is 1.60 bits per heavy atom. The van der Waals surface area contributed by atoms with E-state index in [4.69, 9.17) is 4.43 Å². The first-order chi connectivity index (χ1) is 6.72.